The number of fused-ring (bicyclic) bond motifs is 1. The minimum absolute atomic E-state index is 0.142. The number of esters is 1. The summed E-state index contributed by atoms with van der Waals surface area (Å²) in [6, 6.07) is 10.8. The van der Waals surface area contributed by atoms with Crippen molar-refractivity contribution in [1.29, 1.82) is 0 Å². The Kier molecular flexibility index (Phi) is 6.25. The van der Waals surface area contributed by atoms with Gasteiger partial charge in [-0.3, -0.25) is 19.3 Å². The van der Waals surface area contributed by atoms with Crippen LogP contribution in [0.15, 0.2) is 48.5 Å². The van der Waals surface area contributed by atoms with Crippen LogP contribution in [0, 0.1) is 11.7 Å². The van der Waals surface area contributed by atoms with Crippen LogP contribution in [0.2, 0.25) is 0 Å². The van der Waals surface area contributed by atoms with Crippen LogP contribution in [0.5, 0.6) is 0 Å². The highest BCUT2D eigenvalue weighted by atomic mass is 19.1. The molecule has 0 unspecified atom stereocenters. The number of ether oxygens (including phenoxy) is 1. The van der Waals surface area contributed by atoms with E-state index >= 15 is 0 Å². The molecule has 2 aromatic rings. The number of imide groups is 1. The molecule has 0 aliphatic carbocycles. The molecular weight excluding hydrogens is 391 g/mol. The zero-order valence-corrected chi connectivity index (χ0v) is 16.6. The van der Waals surface area contributed by atoms with E-state index in [2.05, 4.69) is 5.32 Å². The van der Waals surface area contributed by atoms with Crippen molar-refractivity contribution in [3.63, 3.8) is 0 Å². The summed E-state index contributed by atoms with van der Waals surface area (Å²) in [5.74, 6) is -3.32. The molecule has 3 amide bonds. The van der Waals surface area contributed by atoms with Crippen molar-refractivity contribution in [3.05, 3.63) is 71.0 Å². The second kappa shape index (κ2) is 8.86. The molecule has 1 atom stereocenters. The van der Waals surface area contributed by atoms with Crippen molar-refractivity contribution >= 4 is 23.7 Å². The largest absolute Gasteiger partial charge is 0.454 e. The summed E-state index contributed by atoms with van der Waals surface area (Å²) in [4.78, 5) is 50.9. The highest BCUT2D eigenvalue weighted by Gasteiger charge is 2.44. The number of nitrogens with zero attached hydrogens (tertiary/aromatic N) is 1. The van der Waals surface area contributed by atoms with Crippen LogP contribution in [0.3, 0.4) is 0 Å². The van der Waals surface area contributed by atoms with Gasteiger partial charge < -0.3 is 10.1 Å². The number of carbonyl (C=O) groups is 4. The minimum Gasteiger partial charge on any atom is -0.454 e. The molecule has 1 heterocycles. The van der Waals surface area contributed by atoms with Crippen LogP contribution in [0.25, 0.3) is 0 Å². The molecule has 1 N–H and O–H groups in total. The Labute approximate surface area is 172 Å². The van der Waals surface area contributed by atoms with Crippen molar-refractivity contribution < 1.29 is 28.3 Å². The van der Waals surface area contributed by atoms with E-state index in [-0.39, 0.29) is 23.5 Å². The third kappa shape index (κ3) is 4.37. The lowest BCUT2D eigenvalue weighted by Crippen LogP contribution is -2.49. The lowest BCUT2D eigenvalue weighted by Gasteiger charge is -2.27. The van der Waals surface area contributed by atoms with E-state index < -0.39 is 42.3 Å². The first-order chi connectivity index (χ1) is 14.3. The number of carbonyl (C=O) groups excluding carboxylic acids is 4. The van der Waals surface area contributed by atoms with Gasteiger partial charge in [0.15, 0.2) is 6.61 Å². The van der Waals surface area contributed by atoms with E-state index in [0.717, 1.165) is 4.90 Å². The van der Waals surface area contributed by atoms with E-state index in [4.69, 9.17) is 4.74 Å². The van der Waals surface area contributed by atoms with Gasteiger partial charge in [-0.1, -0.05) is 38.1 Å². The van der Waals surface area contributed by atoms with Gasteiger partial charge in [0.05, 0.1) is 11.1 Å². The fourth-order valence-corrected chi connectivity index (χ4v) is 3.21. The molecule has 0 saturated carbocycles. The van der Waals surface area contributed by atoms with E-state index in [9.17, 15) is 23.6 Å². The average molecular weight is 412 g/mol. The number of hydrogen-bond acceptors (Lipinski definition) is 5. The first-order valence-electron chi connectivity index (χ1n) is 9.44. The van der Waals surface area contributed by atoms with Crippen molar-refractivity contribution in [3.8, 4) is 0 Å². The van der Waals surface area contributed by atoms with Crippen LogP contribution in [0.1, 0.15) is 40.1 Å². The van der Waals surface area contributed by atoms with E-state index in [0.29, 0.717) is 5.56 Å². The molecule has 0 saturated heterocycles. The molecule has 1 aliphatic heterocycles. The molecule has 156 valence electrons. The second-order valence-corrected chi connectivity index (χ2v) is 7.23. The first-order valence-corrected chi connectivity index (χ1v) is 9.44. The van der Waals surface area contributed by atoms with Gasteiger partial charge in [0.2, 0.25) is 0 Å². The Morgan fingerprint density at radius 2 is 1.57 bits per heavy atom. The van der Waals surface area contributed by atoms with Gasteiger partial charge >= 0.3 is 5.97 Å². The van der Waals surface area contributed by atoms with Crippen molar-refractivity contribution in [1.82, 2.24) is 10.2 Å². The maximum absolute atomic E-state index is 12.9. The Morgan fingerprint density at radius 3 is 2.10 bits per heavy atom. The lowest BCUT2D eigenvalue weighted by molar-refractivity contribution is -0.153. The Bertz CT molecular complexity index is 952. The molecule has 0 bridgehead atoms. The van der Waals surface area contributed by atoms with Gasteiger partial charge in [-0.25, -0.2) is 9.18 Å². The molecule has 0 spiro atoms. The number of nitrogens with one attached hydrogen (secondary N) is 1. The third-order valence-corrected chi connectivity index (χ3v) is 4.73. The summed E-state index contributed by atoms with van der Waals surface area (Å²) in [7, 11) is 0. The number of benzene rings is 2. The topological polar surface area (TPSA) is 92.8 Å². The lowest BCUT2D eigenvalue weighted by atomic mass is 10.0. The van der Waals surface area contributed by atoms with Gasteiger partial charge in [0.25, 0.3) is 17.7 Å². The number of amides is 3. The summed E-state index contributed by atoms with van der Waals surface area (Å²) in [6.07, 6.45) is 0. The maximum Gasteiger partial charge on any atom is 0.330 e. The molecule has 8 heteroatoms. The summed E-state index contributed by atoms with van der Waals surface area (Å²) >= 11 is 0. The minimum atomic E-state index is -1.15. The van der Waals surface area contributed by atoms with Gasteiger partial charge in [0, 0.05) is 6.54 Å². The van der Waals surface area contributed by atoms with Crippen LogP contribution >= 0.6 is 0 Å². The van der Waals surface area contributed by atoms with Gasteiger partial charge in [-0.15, -0.1) is 0 Å². The molecule has 1 aliphatic rings. The molecule has 30 heavy (non-hydrogen) atoms. The Morgan fingerprint density at radius 1 is 1.00 bits per heavy atom. The molecule has 7 nitrogen and oxygen atoms in total. The van der Waals surface area contributed by atoms with E-state index in [1.807, 2.05) is 0 Å². The normalized spacial score (nSPS) is 13.9. The summed E-state index contributed by atoms with van der Waals surface area (Å²) in [6.45, 7) is 2.95. The smallest absolute Gasteiger partial charge is 0.330 e. The highest BCUT2D eigenvalue weighted by molar-refractivity contribution is 6.22. The van der Waals surface area contributed by atoms with Crippen LogP contribution in [0.4, 0.5) is 4.39 Å². The molecule has 2 aromatic carbocycles. The average Bonchev–Trinajstić information content (AvgIpc) is 2.97. The predicted molar refractivity (Wildman–Crippen MR) is 105 cm³/mol. The van der Waals surface area contributed by atoms with Crippen molar-refractivity contribution in [2.45, 2.75) is 26.4 Å². The van der Waals surface area contributed by atoms with Gasteiger partial charge in [0.1, 0.15) is 11.9 Å². The predicted octanol–water partition coefficient (Wildman–Crippen LogP) is 2.31. The fourth-order valence-electron chi connectivity index (χ4n) is 3.21. The summed E-state index contributed by atoms with van der Waals surface area (Å²) in [5.41, 5.74) is 1.15. The van der Waals surface area contributed by atoms with Crippen LogP contribution in [-0.2, 0) is 20.9 Å². The fraction of sp³-hybridized carbons (Fsp3) is 0.273. The Hall–Kier alpha value is -3.55. The number of rotatable bonds is 7. The standard InChI is InChI=1S/C22H21FN2O5/c1-13(2)19(25-20(27)16-5-3-4-6-17(16)21(25)28)22(29)30-12-18(26)24-11-14-7-9-15(23)10-8-14/h3-10,13,19H,11-12H2,1-2H3,(H,24,26)/t19-/m1/s1. The molecule has 3 rings (SSSR count). The van der Waals surface area contributed by atoms with Gasteiger partial charge in [-0.2, -0.15) is 0 Å². The molecule has 0 fully saturated rings. The van der Waals surface area contributed by atoms with Gasteiger partial charge in [-0.05, 0) is 35.7 Å². The molecule has 0 radical (unpaired) electrons. The SMILES string of the molecule is CC(C)[C@H](C(=O)OCC(=O)NCc1ccc(F)cc1)N1C(=O)c2ccccc2C1=O. The second-order valence-electron chi connectivity index (χ2n) is 7.23. The van der Waals surface area contributed by atoms with E-state index in [1.54, 1.807) is 26.0 Å². The quantitative estimate of drug-likeness (QED) is 0.557. The van der Waals surface area contributed by atoms with Crippen LogP contribution < -0.4 is 5.32 Å². The number of hydrogen-bond donors (Lipinski definition) is 1. The molecular formula is C22H21FN2O5. The first kappa shape index (κ1) is 21.2. The highest BCUT2D eigenvalue weighted by Crippen LogP contribution is 2.27. The monoisotopic (exact) mass is 412 g/mol. The Balaban J connectivity index is 1.61. The number of halogens is 1. The molecule has 0 aromatic heterocycles. The van der Waals surface area contributed by atoms with Crippen molar-refractivity contribution in [2.75, 3.05) is 6.61 Å². The zero-order valence-electron chi connectivity index (χ0n) is 16.6. The zero-order chi connectivity index (χ0) is 21.8. The third-order valence-electron chi connectivity index (χ3n) is 4.73. The summed E-state index contributed by atoms with van der Waals surface area (Å²) < 4.78 is 18.0. The van der Waals surface area contributed by atoms with E-state index in [1.165, 1.54) is 36.4 Å². The maximum atomic E-state index is 12.9. The van der Waals surface area contributed by atoms with Crippen LogP contribution in [-0.4, -0.2) is 41.2 Å². The van der Waals surface area contributed by atoms with Crippen molar-refractivity contribution in [2.24, 2.45) is 5.92 Å². The summed E-state index contributed by atoms with van der Waals surface area (Å²) in [5, 5.41) is 2.56.